The van der Waals surface area contributed by atoms with Crippen LogP contribution in [-0.2, 0) is 6.54 Å². The Labute approximate surface area is 162 Å². The van der Waals surface area contributed by atoms with Crippen molar-refractivity contribution in [1.29, 1.82) is 0 Å². The van der Waals surface area contributed by atoms with Crippen LogP contribution in [0.5, 0.6) is 11.5 Å². The Morgan fingerprint density at radius 1 is 1.04 bits per heavy atom. The summed E-state index contributed by atoms with van der Waals surface area (Å²) in [6.07, 6.45) is 1.46. The van der Waals surface area contributed by atoms with E-state index in [1.807, 2.05) is 0 Å². The molecule has 0 aliphatic heterocycles. The maximum absolute atomic E-state index is 13.6. The molecule has 1 heterocycles. The van der Waals surface area contributed by atoms with Crippen LogP contribution in [0.1, 0.15) is 15.9 Å². The number of rotatable bonds is 7. The number of benzene rings is 2. The van der Waals surface area contributed by atoms with Gasteiger partial charge in [0.15, 0.2) is 11.5 Å². The molecule has 6 nitrogen and oxygen atoms in total. The Bertz CT molecular complexity index is 961. The summed E-state index contributed by atoms with van der Waals surface area (Å²) >= 11 is 0. The molecule has 2 aromatic carbocycles. The summed E-state index contributed by atoms with van der Waals surface area (Å²) in [4.78, 5) is 16.6. The van der Waals surface area contributed by atoms with E-state index >= 15 is 0 Å². The number of methoxy groups -OCH3 is 2. The minimum Gasteiger partial charge on any atom is -0.493 e. The molecule has 0 fully saturated rings. The highest BCUT2D eigenvalue weighted by molar-refractivity contribution is 6.04. The van der Waals surface area contributed by atoms with Crippen molar-refractivity contribution in [2.24, 2.45) is 0 Å². The molecule has 0 aliphatic rings. The van der Waals surface area contributed by atoms with Crippen LogP contribution in [-0.4, -0.2) is 25.1 Å². The molecule has 0 saturated carbocycles. The number of aromatic nitrogens is 1. The summed E-state index contributed by atoms with van der Waals surface area (Å²) in [5.74, 6) is 1.06. The van der Waals surface area contributed by atoms with Gasteiger partial charge in [0.05, 0.1) is 19.8 Å². The van der Waals surface area contributed by atoms with Crippen molar-refractivity contribution in [2.75, 3.05) is 24.9 Å². The van der Waals surface area contributed by atoms with Crippen LogP contribution in [0.2, 0.25) is 0 Å². The van der Waals surface area contributed by atoms with Crippen molar-refractivity contribution >= 4 is 17.4 Å². The van der Waals surface area contributed by atoms with Gasteiger partial charge < -0.3 is 20.1 Å². The van der Waals surface area contributed by atoms with Crippen molar-refractivity contribution in [3.63, 3.8) is 0 Å². The summed E-state index contributed by atoms with van der Waals surface area (Å²) < 4.78 is 24.0. The van der Waals surface area contributed by atoms with Gasteiger partial charge >= 0.3 is 0 Å². The molecule has 144 valence electrons. The van der Waals surface area contributed by atoms with Crippen molar-refractivity contribution in [2.45, 2.75) is 6.54 Å². The molecule has 0 spiro atoms. The lowest BCUT2D eigenvalue weighted by Gasteiger charge is -2.11. The fourth-order valence-electron chi connectivity index (χ4n) is 2.58. The molecule has 1 amide bonds. The third kappa shape index (κ3) is 4.56. The first-order valence-corrected chi connectivity index (χ1v) is 8.57. The van der Waals surface area contributed by atoms with Crippen molar-refractivity contribution < 1.29 is 18.7 Å². The van der Waals surface area contributed by atoms with Gasteiger partial charge in [-0.3, -0.25) is 4.79 Å². The monoisotopic (exact) mass is 381 g/mol. The number of nitrogens with zero attached hydrogens (tertiary/aromatic N) is 1. The van der Waals surface area contributed by atoms with Gasteiger partial charge in [-0.15, -0.1) is 0 Å². The van der Waals surface area contributed by atoms with Crippen LogP contribution < -0.4 is 20.1 Å². The average molecular weight is 381 g/mol. The quantitative estimate of drug-likeness (QED) is 0.645. The molecule has 3 aromatic rings. The summed E-state index contributed by atoms with van der Waals surface area (Å²) in [5, 5.41) is 5.82. The lowest BCUT2D eigenvalue weighted by atomic mass is 10.2. The van der Waals surface area contributed by atoms with E-state index in [0.717, 1.165) is 0 Å². The summed E-state index contributed by atoms with van der Waals surface area (Å²) in [5.41, 5.74) is 1.51. The van der Waals surface area contributed by atoms with E-state index in [1.165, 1.54) is 19.4 Å². The normalized spacial score (nSPS) is 10.2. The van der Waals surface area contributed by atoms with Gasteiger partial charge in [-0.05, 0) is 30.3 Å². The summed E-state index contributed by atoms with van der Waals surface area (Å²) in [6.45, 7) is 0.302. The number of halogens is 1. The van der Waals surface area contributed by atoms with Crippen LogP contribution in [0.15, 0.2) is 60.8 Å². The molecule has 0 radical (unpaired) electrons. The highest BCUT2D eigenvalue weighted by atomic mass is 19.1. The van der Waals surface area contributed by atoms with Crippen LogP contribution in [0.25, 0.3) is 0 Å². The first kappa shape index (κ1) is 19.2. The van der Waals surface area contributed by atoms with E-state index in [-0.39, 0.29) is 11.7 Å². The highest BCUT2D eigenvalue weighted by Gasteiger charge is 2.10. The molecular formula is C21H20FN3O3. The smallest absolute Gasteiger partial charge is 0.257 e. The maximum Gasteiger partial charge on any atom is 0.257 e. The van der Waals surface area contributed by atoms with Crippen LogP contribution >= 0.6 is 0 Å². The second-order valence-electron chi connectivity index (χ2n) is 5.90. The predicted molar refractivity (Wildman–Crippen MR) is 105 cm³/mol. The number of pyridine rings is 1. The van der Waals surface area contributed by atoms with E-state index in [0.29, 0.717) is 40.7 Å². The zero-order valence-electron chi connectivity index (χ0n) is 15.5. The first-order valence-electron chi connectivity index (χ1n) is 8.57. The molecule has 2 N–H and O–H groups in total. The van der Waals surface area contributed by atoms with Gasteiger partial charge in [0.25, 0.3) is 5.91 Å². The number of amides is 1. The van der Waals surface area contributed by atoms with E-state index < -0.39 is 0 Å². The number of anilines is 2. The van der Waals surface area contributed by atoms with Crippen LogP contribution in [0.3, 0.4) is 0 Å². The Morgan fingerprint density at radius 2 is 1.82 bits per heavy atom. The molecule has 3 rings (SSSR count). The van der Waals surface area contributed by atoms with E-state index in [2.05, 4.69) is 15.6 Å². The van der Waals surface area contributed by atoms with Gasteiger partial charge in [0.1, 0.15) is 11.6 Å². The SMILES string of the molecule is COc1ccc(NC(=O)c2ccc(NCc3ccccc3F)nc2)cc1OC. The van der Waals surface area contributed by atoms with Gasteiger partial charge in [-0.25, -0.2) is 9.37 Å². The Balaban J connectivity index is 1.63. The average Bonchev–Trinajstić information content (AvgIpc) is 2.73. The van der Waals surface area contributed by atoms with Gasteiger partial charge in [0, 0.05) is 30.1 Å². The fraction of sp³-hybridized carbons (Fsp3) is 0.143. The molecule has 7 heteroatoms. The van der Waals surface area contributed by atoms with Crippen molar-refractivity contribution in [3.8, 4) is 11.5 Å². The van der Waals surface area contributed by atoms with Gasteiger partial charge in [-0.2, -0.15) is 0 Å². The van der Waals surface area contributed by atoms with E-state index in [4.69, 9.17) is 9.47 Å². The van der Waals surface area contributed by atoms with Crippen molar-refractivity contribution in [3.05, 3.63) is 77.7 Å². The number of carbonyl (C=O) groups excluding carboxylic acids is 1. The molecule has 0 aliphatic carbocycles. The van der Waals surface area contributed by atoms with Gasteiger partial charge in [0.2, 0.25) is 0 Å². The number of ether oxygens (including phenoxy) is 2. The largest absolute Gasteiger partial charge is 0.493 e. The molecule has 1 aromatic heterocycles. The third-order valence-electron chi connectivity index (χ3n) is 4.08. The molecular weight excluding hydrogens is 361 g/mol. The number of hydrogen-bond donors (Lipinski definition) is 2. The Hall–Kier alpha value is -3.61. The lowest BCUT2D eigenvalue weighted by Crippen LogP contribution is -2.12. The Kier molecular flexibility index (Phi) is 6.06. The van der Waals surface area contributed by atoms with Crippen LogP contribution in [0.4, 0.5) is 15.9 Å². The van der Waals surface area contributed by atoms with E-state index in [9.17, 15) is 9.18 Å². The molecule has 28 heavy (non-hydrogen) atoms. The third-order valence-corrected chi connectivity index (χ3v) is 4.08. The molecule has 0 bridgehead atoms. The second-order valence-corrected chi connectivity index (χ2v) is 5.90. The van der Waals surface area contributed by atoms with E-state index in [1.54, 1.807) is 55.6 Å². The minimum absolute atomic E-state index is 0.277. The number of nitrogens with one attached hydrogen (secondary N) is 2. The summed E-state index contributed by atoms with van der Waals surface area (Å²) in [6, 6.07) is 14.9. The maximum atomic E-state index is 13.6. The fourth-order valence-corrected chi connectivity index (χ4v) is 2.58. The molecule has 0 saturated heterocycles. The van der Waals surface area contributed by atoms with Gasteiger partial charge in [-0.1, -0.05) is 18.2 Å². The summed E-state index contributed by atoms with van der Waals surface area (Å²) in [7, 11) is 3.07. The van der Waals surface area contributed by atoms with Crippen molar-refractivity contribution in [1.82, 2.24) is 4.98 Å². The lowest BCUT2D eigenvalue weighted by molar-refractivity contribution is 0.102. The van der Waals surface area contributed by atoms with Crippen LogP contribution in [0, 0.1) is 5.82 Å². The Morgan fingerprint density at radius 3 is 2.50 bits per heavy atom. The molecule has 0 atom stereocenters. The topological polar surface area (TPSA) is 72.5 Å². The molecule has 0 unspecified atom stereocenters. The highest BCUT2D eigenvalue weighted by Crippen LogP contribution is 2.29. The standard InChI is InChI=1S/C21H20FN3O3/c1-27-18-9-8-16(11-19(18)28-2)25-21(26)15-7-10-20(24-13-15)23-12-14-5-3-4-6-17(14)22/h3-11,13H,12H2,1-2H3,(H,23,24)(H,25,26). The number of carbonyl (C=O) groups is 1. The minimum atomic E-state index is -0.305. The zero-order chi connectivity index (χ0) is 19.9. The first-order chi connectivity index (χ1) is 13.6. The second kappa shape index (κ2) is 8.85. The predicted octanol–water partition coefficient (Wildman–Crippen LogP) is 4.10. The zero-order valence-corrected chi connectivity index (χ0v) is 15.5. The number of hydrogen-bond acceptors (Lipinski definition) is 5.